The van der Waals surface area contributed by atoms with Crippen molar-refractivity contribution in [1.29, 1.82) is 0 Å². The number of halogens is 4. The van der Waals surface area contributed by atoms with Crippen molar-refractivity contribution in [3.63, 3.8) is 0 Å². The monoisotopic (exact) mass is 387 g/mol. The van der Waals surface area contributed by atoms with Crippen LogP contribution >= 0.6 is 24.0 Å². The topological polar surface area (TPSA) is 36.4 Å². The second-order valence-corrected chi connectivity index (χ2v) is 3.70. The molecule has 1 aromatic carbocycles. The number of nitrogens with zero attached hydrogens (tertiary/aromatic N) is 1. The molecule has 19 heavy (non-hydrogen) atoms. The minimum atomic E-state index is -4.15. The van der Waals surface area contributed by atoms with Crippen molar-refractivity contribution in [3.8, 4) is 0 Å². The Bertz CT molecular complexity index is 380. The van der Waals surface area contributed by atoms with Gasteiger partial charge in [-0.05, 0) is 5.56 Å². The predicted molar refractivity (Wildman–Crippen MR) is 80.7 cm³/mol. The Labute approximate surface area is 127 Å². The minimum absolute atomic E-state index is 0. The fourth-order valence-electron chi connectivity index (χ4n) is 1.32. The van der Waals surface area contributed by atoms with E-state index in [4.69, 9.17) is 0 Å². The van der Waals surface area contributed by atoms with E-state index in [-0.39, 0.29) is 30.5 Å². The number of hydrogen-bond donors (Lipinski definition) is 2. The Morgan fingerprint density at radius 3 is 2.32 bits per heavy atom. The summed E-state index contributed by atoms with van der Waals surface area (Å²) in [5, 5.41) is 5.56. The van der Waals surface area contributed by atoms with Gasteiger partial charge in [0.25, 0.3) is 0 Å². The van der Waals surface area contributed by atoms with Crippen molar-refractivity contribution in [2.75, 3.05) is 13.6 Å². The van der Waals surface area contributed by atoms with Gasteiger partial charge < -0.3 is 10.6 Å². The van der Waals surface area contributed by atoms with Crippen LogP contribution < -0.4 is 10.6 Å². The first-order valence-corrected chi connectivity index (χ1v) is 5.56. The average molecular weight is 387 g/mol. The molecular weight excluding hydrogens is 370 g/mol. The van der Waals surface area contributed by atoms with E-state index in [1.807, 2.05) is 30.3 Å². The molecule has 0 aliphatic rings. The summed E-state index contributed by atoms with van der Waals surface area (Å²) in [5.74, 6) is 0.364. The number of benzene rings is 1. The first-order valence-electron chi connectivity index (χ1n) is 5.56. The maximum Gasteiger partial charge on any atom is 0.390 e. The van der Waals surface area contributed by atoms with Crippen LogP contribution in [0.2, 0.25) is 0 Å². The number of hydrogen-bond acceptors (Lipinski definition) is 1. The second kappa shape index (κ2) is 9.00. The lowest BCUT2D eigenvalue weighted by Gasteiger charge is -2.12. The second-order valence-electron chi connectivity index (χ2n) is 3.70. The first-order chi connectivity index (χ1) is 8.51. The number of nitrogens with one attached hydrogen (secondary N) is 2. The molecule has 108 valence electrons. The highest BCUT2D eigenvalue weighted by Gasteiger charge is 2.26. The summed E-state index contributed by atoms with van der Waals surface area (Å²) >= 11 is 0. The van der Waals surface area contributed by atoms with Gasteiger partial charge >= 0.3 is 6.18 Å². The van der Waals surface area contributed by atoms with Crippen LogP contribution in [0.5, 0.6) is 0 Å². The molecule has 0 atom stereocenters. The Balaban J connectivity index is 0.00000324. The van der Waals surface area contributed by atoms with Crippen LogP contribution in [0.15, 0.2) is 35.3 Å². The zero-order valence-electron chi connectivity index (χ0n) is 10.5. The fraction of sp³-hybridized carbons (Fsp3) is 0.417. The first kappa shape index (κ1) is 18.0. The van der Waals surface area contributed by atoms with Crippen LogP contribution in [0.4, 0.5) is 13.2 Å². The number of aliphatic imine (C=N–C) groups is 1. The lowest BCUT2D eigenvalue weighted by Crippen LogP contribution is -2.38. The molecule has 0 radical (unpaired) electrons. The summed E-state index contributed by atoms with van der Waals surface area (Å²) in [4.78, 5) is 3.85. The van der Waals surface area contributed by atoms with Crippen molar-refractivity contribution in [2.45, 2.75) is 19.1 Å². The normalized spacial score (nSPS) is 11.7. The van der Waals surface area contributed by atoms with Crippen LogP contribution in [0.25, 0.3) is 0 Å². The van der Waals surface area contributed by atoms with E-state index in [1.54, 1.807) is 0 Å². The van der Waals surface area contributed by atoms with E-state index in [0.717, 1.165) is 5.56 Å². The van der Waals surface area contributed by atoms with Gasteiger partial charge in [-0.3, -0.25) is 4.99 Å². The van der Waals surface area contributed by atoms with Gasteiger partial charge in [0, 0.05) is 20.1 Å². The average Bonchev–Trinajstić information content (AvgIpc) is 2.33. The summed E-state index contributed by atoms with van der Waals surface area (Å²) in [5.41, 5.74) is 1.04. The third-order valence-electron chi connectivity index (χ3n) is 2.23. The van der Waals surface area contributed by atoms with Crippen molar-refractivity contribution in [3.05, 3.63) is 35.9 Å². The van der Waals surface area contributed by atoms with Gasteiger partial charge in [0.2, 0.25) is 0 Å². The van der Waals surface area contributed by atoms with E-state index in [9.17, 15) is 13.2 Å². The Morgan fingerprint density at radius 1 is 1.16 bits per heavy atom. The molecule has 0 saturated carbocycles. The predicted octanol–water partition coefficient (Wildman–Crippen LogP) is 2.92. The van der Waals surface area contributed by atoms with Crippen LogP contribution in [0.3, 0.4) is 0 Å². The Kier molecular flexibility index (Phi) is 8.53. The lowest BCUT2D eigenvalue weighted by molar-refractivity contribution is -0.132. The number of guanidine groups is 1. The van der Waals surface area contributed by atoms with E-state index < -0.39 is 12.6 Å². The fourth-order valence-corrected chi connectivity index (χ4v) is 1.32. The van der Waals surface area contributed by atoms with Crippen LogP contribution in [-0.4, -0.2) is 25.7 Å². The maximum absolute atomic E-state index is 12.0. The SMILES string of the molecule is CN=C(NCCC(F)(F)F)NCc1ccccc1.I. The molecule has 1 rings (SSSR count). The molecule has 0 aromatic heterocycles. The van der Waals surface area contributed by atoms with Crippen LogP contribution in [-0.2, 0) is 6.54 Å². The maximum atomic E-state index is 12.0. The van der Waals surface area contributed by atoms with Crippen molar-refractivity contribution in [2.24, 2.45) is 4.99 Å². The molecule has 0 saturated heterocycles. The van der Waals surface area contributed by atoms with E-state index in [2.05, 4.69) is 15.6 Å². The van der Waals surface area contributed by atoms with Crippen molar-refractivity contribution >= 4 is 29.9 Å². The number of rotatable bonds is 4. The van der Waals surface area contributed by atoms with Gasteiger partial charge in [0.15, 0.2) is 5.96 Å². The Hall–Kier alpha value is -0.990. The molecule has 0 amide bonds. The molecule has 0 spiro atoms. The van der Waals surface area contributed by atoms with Gasteiger partial charge in [0.1, 0.15) is 0 Å². The van der Waals surface area contributed by atoms with Gasteiger partial charge in [-0.15, -0.1) is 24.0 Å². The zero-order valence-corrected chi connectivity index (χ0v) is 12.8. The van der Waals surface area contributed by atoms with Gasteiger partial charge in [-0.1, -0.05) is 30.3 Å². The van der Waals surface area contributed by atoms with E-state index >= 15 is 0 Å². The zero-order chi connectivity index (χ0) is 13.4. The molecule has 0 unspecified atom stereocenters. The summed E-state index contributed by atoms with van der Waals surface area (Å²) in [6.07, 6.45) is -5.02. The molecule has 0 bridgehead atoms. The molecule has 7 heteroatoms. The highest BCUT2D eigenvalue weighted by molar-refractivity contribution is 14.0. The highest BCUT2D eigenvalue weighted by Crippen LogP contribution is 2.17. The van der Waals surface area contributed by atoms with E-state index in [0.29, 0.717) is 12.5 Å². The van der Waals surface area contributed by atoms with Crippen LogP contribution in [0, 0.1) is 0 Å². The standard InChI is InChI=1S/C12H16F3N3.HI/c1-16-11(17-8-7-12(13,14)15)18-9-10-5-3-2-4-6-10;/h2-6H,7-9H2,1H3,(H2,16,17,18);1H. The van der Waals surface area contributed by atoms with E-state index in [1.165, 1.54) is 7.05 Å². The largest absolute Gasteiger partial charge is 0.390 e. The highest BCUT2D eigenvalue weighted by atomic mass is 127. The molecular formula is C12H17F3IN3. The summed E-state index contributed by atoms with van der Waals surface area (Å²) in [6.45, 7) is 0.338. The summed E-state index contributed by atoms with van der Waals surface area (Å²) < 4.78 is 35.9. The van der Waals surface area contributed by atoms with Crippen molar-refractivity contribution in [1.82, 2.24) is 10.6 Å². The molecule has 2 N–H and O–H groups in total. The van der Waals surface area contributed by atoms with Crippen LogP contribution in [0.1, 0.15) is 12.0 Å². The molecule has 0 heterocycles. The quantitative estimate of drug-likeness (QED) is 0.474. The minimum Gasteiger partial charge on any atom is -0.356 e. The summed E-state index contributed by atoms with van der Waals surface area (Å²) in [6, 6.07) is 9.56. The third-order valence-corrected chi connectivity index (χ3v) is 2.23. The third kappa shape index (κ3) is 8.68. The molecule has 0 aliphatic heterocycles. The molecule has 0 aliphatic carbocycles. The molecule has 1 aromatic rings. The molecule has 0 fully saturated rings. The molecule has 3 nitrogen and oxygen atoms in total. The summed E-state index contributed by atoms with van der Waals surface area (Å²) in [7, 11) is 1.52. The van der Waals surface area contributed by atoms with Gasteiger partial charge in [0.05, 0.1) is 6.42 Å². The van der Waals surface area contributed by atoms with Gasteiger partial charge in [-0.2, -0.15) is 13.2 Å². The smallest absolute Gasteiger partial charge is 0.356 e. The Morgan fingerprint density at radius 2 is 1.79 bits per heavy atom. The number of alkyl halides is 3. The van der Waals surface area contributed by atoms with Crippen molar-refractivity contribution < 1.29 is 13.2 Å². The van der Waals surface area contributed by atoms with Gasteiger partial charge in [-0.25, -0.2) is 0 Å². The lowest BCUT2D eigenvalue weighted by atomic mass is 10.2.